The number of nitrogens with one attached hydrogen (secondary N) is 1. The van der Waals surface area contributed by atoms with E-state index in [1.54, 1.807) is 12.1 Å². The molecule has 18 heavy (non-hydrogen) atoms. The number of ether oxygens (including phenoxy) is 2. The molecule has 1 fully saturated rings. The highest BCUT2D eigenvalue weighted by molar-refractivity contribution is 6.32. The summed E-state index contributed by atoms with van der Waals surface area (Å²) in [6.07, 6.45) is 2.93. The molecule has 1 aromatic carbocycles. The van der Waals surface area contributed by atoms with Crippen LogP contribution in [0.2, 0.25) is 5.02 Å². The molecule has 96 valence electrons. The molecule has 1 aliphatic heterocycles. The van der Waals surface area contributed by atoms with E-state index in [0.717, 1.165) is 19.3 Å². The van der Waals surface area contributed by atoms with Crippen LogP contribution in [0.5, 0.6) is 11.5 Å². The molecule has 1 N–H and O–H groups in total. The lowest BCUT2D eigenvalue weighted by Gasteiger charge is -2.11. The second kappa shape index (κ2) is 4.69. The molecule has 5 heteroatoms. The quantitative estimate of drug-likeness (QED) is 0.895. The third kappa shape index (κ3) is 2.38. The molecule has 3 rings (SSSR count). The molecule has 1 aliphatic carbocycles. The highest BCUT2D eigenvalue weighted by Gasteiger charge is 2.25. The fraction of sp³-hybridized carbons (Fsp3) is 0.462. The Kier molecular flexibility index (Phi) is 3.04. The second-order valence-electron chi connectivity index (χ2n) is 4.58. The molecule has 2 aliphatic rings. The molecule has 0 saturated heterocycles. The smallest absolute Gasteiger partial charge is 0.251 e. The minimum Gasteiger partial charge on any atom is -0.489 e. The van der Waals surface area contributed by atoms with Crippen LogP contribution in [0.15, 0.2) is 12.1 Å². The van der Waals surface area contributed by atoms with E-state index in [1.807, 2.05) is 0 Å². The van der Waals surface area contributed by atoms with Gasteiger partial charge in [0.2, 0.25) is 0 Å². The van der Waals surface area contributed by atoms with Gasteiger partial charge < -0.3 is 14.8 Å². The summed E-state index contributed by atoms with van der Waals surface area (Å²) < 4.78 is 11.1. The minimum absolute atomic E-state index is 0.102. The van der Waals surface area contributed by atoms with Gasteiger partial charge in [0.25, 0.3) is 5.91 Å². The Morgan fingerprint density at radius 2 is 2.06 bits per heavy atom. The van der Waals surface area contributed by atoms with Gasteiger partial charge in [-0.1, -0.05) is 11.6 Å². The Hall–Kier alpha value is -1.42. The zero-order valence-electron chi connectivity index (χ0n) is 9.87. The molecule has 1 aromatic rings. The van der Waals surface area contributed by atoms with E-state index in [0.29, 0.717) is 41.3 Å². The van der Waals surface area contributed by atoms with Crippen LogP contribution in [-0.4, -0.2) is 25.2 Å². The van der Waals surface area contributed by atoms with Crippen LogP contribution in [0, 0.1) is 0 Å². The van der Waals surface area contributed by atoms with Gasteiger partial charge in [-0.2, -0.15) is 0 Å². The number of fused-ring (bicyclic) bond motifs is 1. The lowest BCUT2D eigenvalue weighted by atomic mass is 10.2. The second-order valence-corrected chi connectivity index (χ2v) is 4.99. The summed E-state index contributed by atoms with van der Waals surface area (Å²) in [5.41, 5.74) is 0.524. The fourth-order valence-electron chi connectivity index (χ4n) is 1.86. The van der Waals surface area contributed by atoms with Crippen LogP contribution in [0.1, 0.15) is 29.6 Å². The average molecular weight is 268 g/mol. The lowest BCUT2D eigenvalue weighted by Crippen LogP contribution is -2.25. The third-order valence-corrected chi connectivity index (χ3v) is 3.26. The maximum atomic E-state index is 12.0. The summed E-state index contributed by atoms with van der Waals surface area (Å²) in [5, 5.41) is 3.35. The fourth-order valence-corrected chi connectivity index (χ4v) is 2.12. The van der Waals surface area contributed by atoms with E-state index in [4.69, 9.17) is 21.1 Å². The van der Waals surface area contributed by atoms with Gasteiger partial charge in [-0.25, -0.2) is 0 Å². The molecule has 1 saturated carbocycles. The first-order valence-corrected chi connectivity index (χ1v) is 6.52. The highest BCUT2D eigenvalue weighted by Crippen LogP contribution is 2.38. The molecule has 0 bridgehead atoms. The molecule has 0 radical (unpaired) electrons. The average Bonchev–Trinajstić information content (AvgIpc) is 3.14. The van der Waals surface area contributed by atoms with E-state index in [2.05, 4.69) is 5.32 Å². The van der Waals surface area contributed by atoms with Crippen molar-refractivity contribution in [1.29, 1.82) is 0 Å². The van der Waals surface area contributed by atoms with Crippen molar-refractivity contribution in [2.75, 3.05) is 13.2 Å². The van der Waals surface area contributed by atoms with Crippen molar-refractivity contribution >= 4 is 17.5 Å². The molecular weight excluding hydrogens is 254 g/mol. The normalized spacial score (nSPS) is 18.1. The number of amides is 1. The molecule has 0 unspecified atom stereocenters. The van der Waals surface area contributed by atoms with Crippen molar-refractivity contribution < 1.29 is 14.3 Å². The number of halogens is 1. The van der Waals surface area contributed by atoms with Gasteiger partial charge in [0.15, 0.2) is 11.5 Å². The van der Waals surface area contributed by atoms with Gasteiger partial charge >= 0.3 is 0 Å². The van der Waals surface area contributed by atoms with Crippen LogP contribution >= 0.6 is 11.6 Å². The summed E-state index contributed by atoms with van der Waals surface area (Å²) in [4.78, 5) is 12.0. The zero-order valence-corrected chi connectivity index (χ0v) is 10.6. The van der Waals surface area contributed by atoms with E-state index >= 15 is 0 Å². The first kappa shape index (κ1) is 11.7. The van der Waals surface area contributed by atoms with Gasteiger partial charge in [-0.05, 0) is 25.0 Å². The van der Waals surface area contributed by atoms with Crippen molar-refractivity contribution in [2.24, 2.45) is 0 Å². The zero-order chi connectivity index (χ0) is 12.5. The maximum absolute atomic E-state index is 12.0. The molecule has 0 aromatic heterocycles. The van der Waals surface area contributed by atoms with Crippen LogP contribution in [0.25, 0.3) is 0 Å². The summed E-state index contributed by atoms with van der Waals surface area (Å²) in [6, 6.07) is 3.66. The molecule has 1 heterocycles. The highest BCUT2D eigenvalue weighted by atomic mass is 35.5. The molecular formula is C13H14ClNO3. The SMILES string of the molecule is O=C(NC1CC1)c1cc(Cl)c2c(c1)OCCCO2. The Morgan fingerprint density at radius 1 is 1.28 bits per heavy atom. The third-order valence-electron chi connectivity index (χ3n) is 2.98. The minimum atomic E-state index is -0.102. The Bertz CT molecular complexity index is 485. The molecule has 1 amide bonds. The van der Waals surface area contributed by atoms with E-state index in [9.17, 15) is 4.79 Å². The van der Waals surface area contributed by atoms with E-state index < -0.39 is 0 Å². The van der Waals surface area contributed by atoms with E-state index in [-0.39, 0.29) is 5.91 Å². The van der Waals surface area contributed by atoms with Crippen molar-refractivity contribution in [3.05, 3.63) is 22.7 Å². The van der Waals surface area contributed by atoms with Gasteiger partial charge in [-0.3, -0.25) is 4.79 Å². The number of hydrogen-bond acceptors (Lipinski definition) is 3. The number of carbonyl (C=O) groups excluding carboxylic acids is 1. The lowest BCUT2D eigenvalue weighted by molar-refractivity contribution is 0.0950. The summed E-state index contributed by atoms with van der Waals surface area (Å²) >= 11 is 6.13. The first-order valence-electron chi connectivity index (χ1n) is 6.14. The van der Waals surface area contributed by atoms with Crippen LogP contribution < -0.4 is 14.8 Å². The first-order chi connectivity index (χ1) is 8.74. The topological polar surface area (TPSA) is 47.6 Å². The summed E-state index contributed by atoms with van der Waals surface area (Å²) in [6.45, 7) is 1.16. The summed E-state index contributed by atoms with van der Waals surface area (Å²) in [5.74, 6) is 0.994. The van der Waals surface area contributed by atoms with Gasteiger partial charge in [0.05, 0.1) is 18.2 Å². The number of benzene rings is 1. The van der Waals surface area contributed by atoms with Crippen LogP contribution in [0.4, 0.5) is 0 Å². The molecule has 0 spiro atoms. The van der Waals surface area contributed by atoms with Crippen molar-refractivity contribution in [3.8, 4) is 11.5 Å². The van der Waals surface area contributed by atoms with Crippen molar-refractivity contribution in [3.63, 3.8) is 0 Å². The Morgan fingerprint density at radius 3 is 2.83 bits per heavy atom. The van der Waals surface area contributed by atoms with Crippen molar-refractivity contribution in [1.82, 2.24) is 5.32 Å². The summed E-state index contributed by atoms with van der Waals surface area (Å²) in [7, 11) is 0. The number of hydrogen-bond donors (Lipinski definition) is 1. The van der Waals surface area contributed by atoms with E-state index in [1.165, 1.54) is 0 Å². The Labute approximate surface area is 110 Å². The van der Waals surface area contributed by atoms with Crippen LogP contribution in [0.3, 0.4) is 0 Å². The van der Waals surface area contributed by atoms with Gasteiger partial charge in [0.1, 0.15) is 0 Å². The predicted molar refractivity (Wildman–Crippen MR) is 67.5 cm³/mol. The number of rotatable bonds is 2. The van der Waals surface area contributed by atoms with Gasteiger partial charge in [0, 0.05) is 18.0 Å². The van der Waals surface area contributed by atoms with Crippen molar-refractivity contribution in [2.45, 2.75) is 25.3 Å². The predicted octanol–water partition coefficient (Wildman–Crippen LogP) is 2.39. The standard InChI is InChI=1S/C13H14ClNO3/c14-10-6-8(13(16)15-9-2-3-9)7-11-12(10)18-5-1-4-17-11/h6-7,9H,1-5H2,(H,15,16). The maximum Gasteiger partial charge on any atom is 0.251 e. The monoisotopic (exact) mass is 267 g/mol. The van der Waals surface area contributed by atoms with Gasteiger partial charge in [-0.15, -0.1) is 0 Å². The molecule has 0 atom stereocenters. The number of carbonyl (C=O) groups is 1. The largest absolute Gasteiger partial charge is 0.489 e. The Balaban J connectivity index is 1.89. The molecule has 4 nitrogen and oxygen atoms in total. The van der Waals surface area contributed by atoms with Crippen LogP contribution in [-0.2, 0) is 0 Å².